The van der Waals surface area contributed by atoms with E-state index in [1.807, 2.05) is 19.0 Å². The largest absolute Gasteiger partial charge is 0.459 e. The normalized spacial score (nSPS) is 11.8. The Morgan fingerprint density at radius 3 is 2.36 bits per heavy atom. The number of carbonyl (C=O) groups is 2. The lowest BCUT2D eigenvalue weighted by Crippen LogP contribution is -2.41. The molecule has 0 fully saturated rings. The number of likely N-dealkylation sites (N-methyl/N-ethyl adjacent to an activating group) is 1. The molecule has 1 aromatic carbocycles. The summed E-state index contributed by atoms with van der Waals surface area (Å²) in [5.41, 5.74) is -0.295. The summed E-state index contributed by atoms with van der Waals surface area (Å²) in [4.78, 5) is 27.8. The van der Waals surface area contributed by atoms with E-state index in [-0.39, 0.29) is 12.5 Å². The number of esters is 1. The Labute approximate surface area is 149 Å². The molecular weight excluding hydrogens is 323 g/mol. The number of nitrogens with zero attached hydrogens (tertiary/aromatic N) is 2. The number of halogens is 1. The maximum Gasteiger partial charge on any atom is 0.326 e. The fourth-order valence-corrected chi connectivity index (χ4v) is 1.99. The Kier molecular flexibility index (Phi) is 7.77. The first-order chi connectivity index (χ1) is 11.6. The fraction of sp³-hybridized carbons (Fsp3) is 0.474. The first kappa shape index (κ1) is 20.8. The highest BCUT2D eigenvalue weighted by molar-refractivity contribution is 5.93. The SMILES string of the molecule is CN(C)CCN(CC(=O)OC(C)(C)C)C(=O)/C=C\c1ccccc1F. The predicted molar refractivity (Wildman–Crippen MR) is 96.4 cm³/mol. The van der Waals surface area contributed by atoms with Gasteiger partial charge in [-0.15, -0.1) is 0 Å². The molecule has 0 aliphatic heterocycles. The van der Waals surface area contributed by atoms with E-state index in [1.165, 1.54) is 23.1 Å². The third-order valence-corrected chi connectivity index (χ3v) is 3.18. The third-order valence-electron chi connectivity index (χ3n) is 3.18. The van der Waals surface area contributed by atoms with Crippen LogP contribution in [0.4, 0.5) is 4.39 Å². The summed E-state index contributed by atoms with van der Waals surface area (Å²) in [6.07, 6.45) is 2.69. The van der Waals surface area contributed by atoms with Gasteiger partial charge in [0.05, 0.1) is 0 Å². The number of rotatable bonds is 7. The Balaban J connectivity index is 2.81. The smallest absolute Gasteiger partial charge is 0.326 e. The van der Waals surface area contributed by atoms with Crippen molar-refractivity contribution in [1.29, 1.82) is 0 Å². The van der Waals surface area contributed by atoms with Gasteiger partial charge in [0, 0.05) is 24.7 Å². The number of hydrogen-bond acceptors (Lipinski definition) is 4. The van der Waals surface area contributed by atoms with E-state index in [0.717, 1.165) is 0 Å². The van der Waals surface area contributed by atoms with E-state index < -0.39 is 17.4 Å². The second-order valence-corrected chi connectivity index (χ2v) is 7.00. The van der Waals surface area contributed by atoms with Crippen molar-refractivity contribution in [1.82, 2.24) is 9.80 Å². The molecule has 0 atom stereocenters. The van der Waals surface area contributed by atoms with Crippen molar-refractivity contribution in [3.05, 3.63) is 41.7 Å². The van der Waals surface area contributed by atoms with Crippen LogP contribution < -0.4 is 0 Å². The quantitative estimate of drug-likeness (QED) is 0.560. The predicted octanol–water partition coefficient (Wildman–Crippen LogP) is 2.57. The number of carbonyl (C=O) groups excluding carboxylic acids is 2. The van der Waals surface area contributed by atoms with E-state index in [9.17, 15) is 14.0 Å². The van der Waals surface area contributed by atoms with E-state index in [4.69, 9.17) is 4.74 Å². The molecule has 0 saturated carbocycles. The molecule has 1 amide bonds. The molecule has 0 bridgehead atoms. The molecule has 0 radical (unpaired) electrons. The van der Waals surface area contributed by atoms with Gasteiger partial charge < -0.3 is 14.5 Å². The summed E-state index contributed by atoms with van der Waals surface area (Å²) in [6.45, 7) is 6.14. The Bertz CT molecular complexity index is 621. The van der Waals surface area contributed by atoms with Gasteiger partial charge in [-0.2, -0.15) is 0 Å². The molecule has 1 aromatic rings. The van der Waals surface area contributed by atoms with E-state index >= 15 is 0 Å². The minimum Gasteiger partial charge on any atom is -0.459 e. The van der Waals surface area contributed by atoms with E-state index in [0.29, 0.717) is 18.7 Å². The fourth-order valence-electron chi connectivity index (χ4n) is 1.99. The molecule has 0 aliphatic carbocycles. The summed E-state index contributed by atoms with van der Waals surface area (Å²) in [7, 11) is 3.76. The van der Waals surface area contributed by atoms with Gasteiger partial charge in [-0.25, -0.2) is 4.39 Å². The zero-order valence-corrected chi connectivity index (χ0v) is 15.6. The van der Waals surface area contributed by atoms with Crippen molar-refractivity contribution in [3.63, 3.8) is 0 Å². The number of hydrogen-bond donors (Lipinski definition) is 0. The molecule has 0 N–H and O–H groups in total. The average molecular weight is 350 g/mol. The maximum absolute atomic E-state index is 13.6. The standard InChI is InChI=1S/C19H27FN2O3/c1-19(2,3)25-18(24)14-22(13-12-21(4)5)17(23)11-10-15-8-6-7-9-16(15)20/h6-11H,12-14H2,1-5H3/b11-10-. The lowest BCUT2D eigenvalue weighted by molar-refractivity contribution is -0.158. The van der Waals surface area contributed by atoms with Gasteiger partial charge in [0.25, 0.3) is 0 Å². The van der Waals surface area contributed by atoms with Crippen LogP contribution in [0.3, 0.4) is 0 Å². The lowest BCUT2D eigenvalue weighted by atomic mass is 10.2. The molecule has 0 saturated heterocycles. The summed E-state index contributed by atoms with van der Waals surface area (Å²) >= 11 is 0. The number of amides is 1. The number of benzene rings is 1. The summed E-state index contributed by atoms with van der Waals surface area (Å²) in [5.74, 6) is -1.24. The molecule has 0 heterocycles. The molecule has 0 unspecified atom stereocenters. The van der Waals surface area contributed by atoms with Crippen LogP contribution >= 0.6 is 0 Å². The van der Waals surface area contributed by atoms with Crippen LogP contribution in [-0.2, 0) is 14.3 Å². The van der Waals surface area contributed by atoms with Crippen molar-refractivity contribution in [2.75, 3.05) is 33.7 Å². The monoisotopic (exact) mass is 350 g/mol. The lowest BCUT2D eigenvalue weighted by Gasteiger charge is -2.25. The van der Waals surface area contributed by atoms with Crippen LogP contribution in [0.5, 0.6) is 0 Å². The van der Waals surface area contributed by atoms with E-state index in [1.54, 1.807) is 39.0 Å². The summed E-state index contributed by atoms with van der Waals surface area (Å²) < 4.78 is 18.9. The van der Waals surface area contributed by atoms with Gasteiger partial charge in [-0.05, 0) is 47.0 Å². The highest BCUT2D eigenvalue weighted by atomic mass is 19.1. The Morgan fingerprint density at radius 1 is 1.16 bits per heavy atom. The zero-order valence-electron chi connectivity index (χ0n) is 15.6. The first-order valence-electron chi connectivity index (χ1n) is 8.16. The van der Waals surface area contributed by atoms with Crippen LogP contribution in [0.1, 0.15) is 26.3 Å². The molecule has 6 heteroatoms. The van der Waals surface area contributed by atoms with Crippen molar-refractivity contribution in [2.24, 2.45) is 0 Å². The van der Waals surface area contributed by atoms with Crippen molar-refractivity contribution in [2.45, 2.75) is 26.4 Å². The van der Waals surface area contributed by atoms with Gasteiger partial charge >= 0.3 is 5.97 Å². The molecule has 0 aromatic heterocycles. The minimum atomic E-state index is -0.615. The topological polar surface area (TPSA) is 49.9 Å². The molecule has 138 valence electrons. The van der Waals surface area contributed by atoms with E-state index in [2.05, 4.69) is 0 Å². The van der Waals surface area contributed by atoms with Crippen molar-refractivity contribution >= 4 is 18.0 Å². The highest BCUT2D eigenvalue weighted by Crippen LogP contribution is 2.10. The van der Waals surface area contributed by atoms with Gasteiger partial charge in [-0.3, -0.25) is 9.59 Å². The van der Waals surface area contributed by atoms with Gasteiger partial charge in [0.2, 0.25) is 5.91 Å². The number of ether oxygens (including phenoxy) is 1. The van der Waals surface area contributed by atoms with Crippen molar-refractivity contribution in [3.8, 4) is 0 Å². The molecule has 0 spiro atoms. The molecule has 5 nitrogen and oxygen atoms in total. The summed E-state index contributed by atoms with van der Waals surface area (Å²) in [6, 6.07) is 6.18. The molecule has 0 aliphatic rings. The van der Waals surface area contributed by atoms with Crippen molar-refractivity contribution < 1.29 is 18.7 Å². The zero-order chi connectivity index (χ0) is 19.0. The maximum atomic E-state index is 13.6. The third kappa shape index (κ3) is 8.44. The van der Waals surface area contributed by atoms with Crippen LogP contribution in [0.15, 0.2) is 30.3 Å². The Hall–Kier alpha value is -2.21. The first-order valence-corrected chi connectivity index (χ1v) is 8.16. The van der Waals surface area contributed by atoms with Gasteiger partial charge in [-0.1, -0.05) is 18.2 Å². The van der Waals surface area contributed by atoms with Gasteiger partial charge in [0.1, 0.15) is 18.0 Å². The highest BCUT2D eigenvalue weighted by Gasteiger charge is 2.21. The minimum absolute atomic E-state index is 0.147. The average Bonchev–Trinajstić information content (AvgIpc) is 2.48. The van der Waals surface area contributed by atoms with Crippen LogP contribution in [0, 0.1) is 5.82 Å². The van der Waals surface area contributed by atoms with Crippen LogP contribution in [-0.4, -0.2) is 61.0 Å². The van der Waals surface area contributed by atoms with Crippen LogP contribution in [0.2, 0.25) is 0 Å². The van der Waals surface area contributed by atoms with Crippen LogP contribution in [0.25, 0.3) is 6.08 Å². The second kappa shape index (κ2) is 9.32. The molecular formula is C19H27FN2O3. The molecule has 25 heavy (non-hydrogen) atoms. The van der Waals surface area contributed by atoms with Gasteiger partial charge in [0.15, 0.2) is 0 Å². The molecule has 1 rings (SSSR count). The summed E-state index contributed by atoms with van der Waals surface area (Å²) in [5, 5.41) is 0. The Morgan fingerprint density at radius 2 is 1.80 bits per heavy atom. The second-order valence-electron chi connectivity index (χ2n) is 7.00.